The minimum atomic E-state index is 0.358. The van der Waals surface area contributed by atoms with Crippen LogP contribution in [0.15, 0.2) is 54.7 Å². The fourth-order valence-corrected chi connectivity index (χ4v) is 2.69. The van der Waals surface area contributed by atoms with E-state index in [1.807, 2.05) is 47.3 Å². The van der Waals surface area contributed by atoms with Gasteiger partial charge in [-0.15, -0.1) is 0 Å². The Hall–Kier alpha value is -2.26. The van der Waals surface area contributed by atoms with Gasteiger partial charge in [0.1, 0.15) is 11.5 Å². The quantitative estimate of drug-likeness (QED) is 0.598. The minimum absolute atomic E-state index is 0.358. The predicted octanol–water partition coefficient (Wildman–Crippen LogP) is 5.89. The molecule has 118 valence electrons. The Kier molecular flexibility index (Phi) is 4.39. The summed E-state index contributed by atoms with van der Waals surface area (Å²) in [6.45, 7) is 6.36. The van der Waals surface area contributed by atoms with Crippen LogP contribution in [0.25, 0.3) is 11.1 Å². The summed E-state index contributed by atoms with van der Waals surface area (Å²) in [5.74, 6) is 1.57. The molecule has 4 heteroatoms. The topological polar surface area (TPSA) is 27.1 Å². The maximum atomic E-state index is 5.88. The van der Waals surface area contributed by atoms with E-state index in [2.05, 4.69) is 38.0 Å². The molecule has 0 fully saturated rings. The first kappa shape index (κ1) is 15.6. The number of benzene rings is 2. The summed E-state index contributed by atoms with van der Waals surface area (Å²) in [7, 11) is 0. The van der Waals surface area contributed by atoms with Crippen LogP contribution in [0.2, 0.25) is 5.02 Å². The third-order valence-corrected chi connectivity index (χ3v) is 4.00. The molecule has 0 saturated carbocycles. The second kappa shape index (κ2) is 6.47. The number of rotatable bonds is 4. The SMILES string of the molecule is Cc1c(-c2ccc(Oc3ccc(Cl)cc3)cc2)cnn1C(C)C. The van der Waals surface area contributed by atoms with Gasteiger partial charge in [-0.05, 0) is 62.7 Å². The van der Waals surface area contributed by atoms with Gasteiger partial charge in [0.2, 0.25) is 0 Å². The van der Waals surface area contributed by atoms with Crippen molar-refractivity contribution in [1.82, 2.24) is 9.78 Å². The molecule has 23 heavy (non-hydrogen) atoms. The van der Waals surface area contributed by atoms with Crippen LogP contribution >= 0.6 is 11.6 Å². The maximum Gasteiger partial charge on any atom is 0.127 e. The van der Waals surface area contributed by atoms with Crippen molar-refractivity contribution in [2.24, 2.45) is 0 Å². The second-order valence-electron chi connectivity index (χ2n) is 5.76. The van der Waals surface area contributed by atoms with Gasteiger partial charge >= 0.3 is 0 Å². The summed E-state index contributed by atoms with van der Waals surface area (Å²) >= 11 is 5.88. The highest BCUT2D eigenvalue weighted by Gasteiger charge is 2.10. The molecule has 0 spiro atoms. The zero-order valence-electron chi connectivity index (χ0n) is 13.5. The smallest absolute Gasteiger partial charge is 0.127 e. The van der Waals surface area contributed by atoms with E-state index in [0.717, 1.165) is 22.6 Å². The molecular formula is C19H19ClN2O. The van der Waals surface area contributed by atoms with E-state index in [-0.39, 0.29) is 0 Å². The number of ether oxygens (including phenoxy) is 1. The van der Waals surface area contributed by atoms with E-state index in [0.29, 0.717) is 11.1 Å². The van der Waals surface area contributed by atoms with Crippen molar-refractivity contribution in [2.75, 3.05) is 0 Å². The van der Waals surface area contributed by atoms with Crippen LogP contribution < -0.4 is 4.74 Å². The van der Waals surface area contributed by atoms with Gasteiger partial charge in [0.05, 0.1) is 6.20 Å². The second-order valence-corrected chi connectivity index (χ2v) is 6.20. The van der Waals surface area contributed by atoms with Crippen LogP contribution in [0.1, 0.15) is 25.6 Å². The first-order chi connectivity index (χ1) is 11.0. The number of hydrogen-bond acceptors (Lipinski definition) is 2. The standard InChI is InChI=1S/C19H19ClN2O/c1-13(2)22-14(3)19(12-21-22)15-4-8-17(9-5-15)23-18-10-6-16(20)7-11-18/h4-13H,1-3H3. The Morgan fingerprint density at radius 1 is 0.957 bits per heavy atom. The Morgan fingerprint density at radius 2 is 1.52 bits per heavy atom. The average molecular weight is 327 g/mol. The van der Waals surface area contributed by atoms with E-state index < -0.39 is 0 Å². The molecule has 0 N–H and O–H groups in total. The molecule has 0 unspecified atom stereocenters. The molecule has 0 aliphatic rings. The number of halogens is 1. The van der Waals surface area contributed by atoms with Crippen molar-refractivity contribution in [3.05, 3.63) is 65.4 Å². The summed E-state index contributed by atoms with van der Waals surface area (Å²) in [5.41, 5.74) is 3.46. The molecule has 3 aromatic rings. The largest absolute Gasteiger partial charge is 0.457 e. The summed E-state index contributed by atoms with van der Waals surface area (Å²) in [6.07, 6.45) is 1.92. The van der Waals surface area contributed by atoms with Gasteiger partial charge in [0.25, 0.3) is 0 Å². The minimum Gasteiger partial charge on any atom is -0.457 e. The van der Waals surface area contributed by atoms with E-state index in [4.69, 9.17) is 16.3 Å². The van der Waals surface area contributed by atoms with Gasteiger partial charge in [-0.3, -0.25) is 4.68 Å². The first-order valence-electron chi connectivity index (χ1n) is 7.62. The van der Waals surface area contributed by atoms with Crippen LogP contribution in [0.5, 0.6) is 11.5 Å². The third kappa shape index (κ3) is 3.40. The van der Waals surface area contributed by atoms with Gasteiger partial charge < -0.3 is 4.74 Å². The van der Waals surface area contributed by atoms with Crippen molar-refractivity contribution < 1.29 is 4.74 Å². The maximum absolute atomic E-state index is 5.88. The highest BCUT2D eigenvalue weighted by molar-refractivity contribution is 6.30. The fraction of sp³-hybridized carbons (Fsp3) is 0.211. The summed E-state index contributed by atoms with van der Waals surface area (Å²) in [4.78, 5) is 0. The predicted molar refractivity (Wildman–Crippen MR) is 94.3 cm³/mol. The summed E-state index contributed by atoms with van der Waals surface area (Å²) in [5, 5.41) is 5.16. The Bertz CT molecular complexity index is 789. The van der Waals surface area contributed by atoms with Crippen molar-refractivity contribution in [1.29, 1.82) is 0 Å². The zero-order chi connectivity index (χ0) is 16.4. The van der Waals surface area contributed by atoms with Crippen LogP contribution in [0.4, 0.5) is 0 Å². The van der Waals surface area contributed by atoms with Crippen LogP contribution in [-0.2, 0) is 0 Å². The Balaban J connectivity index is 1.80. The Labute approximate surface area is 141 Å². The summed E-state index contributed by atoms with van der Waals surface area (Å²) < 4.78 is 7.85. The highest BCUT2D eigenvalue weighted by atomic mass is 35.5. The lowest BCUT2D eigenvalue weighted by molar-refractivity contribution is 0.483. The molecule has 2 aromatic carbocycles. The van der Waals surface area contributed by atoms with E-state index in [1.165, 1.54) is 5.69 Å². The molecular weight excluding hydrogens is 308 g/mol. The monoisotopic (exact) mass is 326 g/mol. The number of nitrogens with zero attached hydrogens (tertiary/aromatic N) is 2. The average Bonchev–Trinajstić information content (AvgIpc) is 2.92. The van der Waals surface area contributed by atoms with Crippen LogP contribution in [-0.4, -0.2) is 9.78 Å². The normalized spacial score (nSPS) is 11.0. The first-order valence-corrected chi connectivity index (χ1v) is 8.00. The Morgan fingerprint density at radius 3 is 2.04 bits per heavy atom. The lowest BCUT2D eigenvalue weighted by Gasteiger charge is -2.09. The molecule has 1 heterocycles. The fourth-order valence-electron chi connectivity index (χ4n) is 2.57. The lowest BCUT2D eigenvalue weighted by Crippen LogP contribution is -2.04. The molecule has 0 aliphatic carbocycles. The van der Waals surface area contributed by atoms with Gasteiger partial charge in [-0.2, -0.15) is 5.10 Å². The number of aromatic nitrogens is 2. The van der Waals surface area contributed by atoms with Gasteiger partial charge in [-0.25, -0.2) is 0 Å². The molecule has 3 rings (SSSR count). The zero-order valence-corrected chi connectivity index (χ0v) is 14.2. The highest BCUT2D eigenvalue weighted by Crippen LogP contribution is 2.28. The van der Waals surface area contributed by atoms with Crippen molar-refractivity contribution >= 4 is 11.6 Å². The van der Waals surface area contributed by atoms with Crippen molar-refractivity contribution in [2.45, 2.75) is 26.8 Å². The van der Waals surface area contributed by atoms with Gasteiger partial charge in [-0.1, -0.05) is 23.7 Å². The molecule has 0 bridgehead atoms. The van der Waals surface area contributed by atoms with Gasteiger partial charge in [0, 0.05) is 22.3 Å². The third-order valence-electron chi connectivity index (χ3n) is 3.75. The molecule has 0 amide bonds. The molecule has 0 radical (unpaired) electrons. The van der Waals surface area contributed by atoms with Crippen molar-refractivity contribution in [3.8, 4) is 22.6 Å². The molecule has 0 saturated heterocycles. The van der Waals surface area contributed by atoms with Crippen LogP contribution in [0.3, 0.4) is 0 Å². The molecule has 0 atom stereocenters. The van der Waals surface area contributed by atoms with Crippen LogP contribution in [0, 0.1) is 6.92 Å². The lowest BCUT2D eigenvalue weighted by atomic mass is 10.1. The number of hydrogen-bond donors (Lipinski definition) is 0. The summed E-state index contributed by atoms with van der Waals surface area (Å²) in [6, 6.07) is 15.7. The van der Waals surface area contributed by atoms with Gasteiger partial charge in [0.15, 0.2) is 0 Å². The molecule has 0 aliphatic heterocycles. The van der Waals surface area contributed by atoms with Crippen molar-refractivity contribution in [3.63, 3.8) is 0 Å². The van der Waals surface area contributed by atoms with E-state index in [1.54, 1.807) is 0 Å². The molecule has 1 aromatic heterocycles. The molecule has 3 nitrogen and oxygen atoms in total. The van der Waals surface area contributed by atoms with E-state index >= 15 is 0 Å². The van der Waals surface area contributed by atoms with E-state index in [9.17, 15) is 0 Å².